The van der Waals surface area contributed by atoms with Crippen LogP contribution in [0.4, 0.5) is 0 Å². The number of piperidine rings is 1. The molecule has 2 N–H and O–H groups in total. The Balaban J connectivity index is 1.54. The van der Waals surface area contributed by atoms with Crippen LogP contribution in [0.1, 0.15) is 44.9 Å². The number of carbonyl (C=O) groups excluding carboxylic acids is 1. The molecule has 4 atom stereocenters. The summed E-state index contributed by atoms with van der Waals surface area (Å²) in [5.41, 5.74) is 0. The smallest absolute Gasteiger partial charge is 0.303 e. The van der Waals surface area contributed by atoms with E-state index in [1.165, 1.54) is 6.42 Å². The van der Waals surface area contributed by atoms with Gasteiger partial charge in [-0.25, -0.2) is 0 Å². The summed E-state index contributed by atoms with van der Waals surface area (Å²) in [6, 6.07) is 0.952. The minimum atomic E-state index is -0.731. The van der Waals surface area contributed by atoms with Gasteiger partial charge in [0.2, 0.25) is 5.91 Å². The third-order valence-corrected chi connectivity index (χ3v) is 5.21. The Morgan fingerprint density at radius 2 is 2.10 bits per heavy atom. The molecule has 0 aromatic heterocycles. The molecular weight excluding hydrogens is 256 g/mol. The lowest BCUT2D eigenvalue weighted by Crippen LogP contribution is -2.45. The van der Waals surface area contributed by atoms with Crippen molar-refractivity contribution < 1.29 is 14.7 Å². The summed E-state index contributed by atoms with van der Waals surface area (Å²) >= 11 is 0. The van der Waals surface area contributed by atoms with Gasteiger partial charge in [-0.1, -0.05) is 0 Å². The first-order chi connectivity index (χ1) is 9.63. The summed E-state index contributed by atoms with van der Waals surface area (Å²) in [6.07, 6.45) is 6.36. The molecule has 2 bridgehead atoms. The zero-order chi connectivity index (χ0) is 14.1. The molecule has 0 radical (unpaired) electrons. The quantitative estimate of drug-likeness (QED) is 0.812. The van der Waals surface area contributed by atoms with Crippen molar-refractivity contribution in [1.29, 1.82) is 0 Å². The van der Waals surface area contributed by atoms with E-state index in [0.29, 0.717) is 30.3 Å². The average Bonchev–Trinajstić information content (AvgIpc) is 3.07. The summed E-state index contributed by atoms with van der Waals surface area (Å²) < 4.78 is 0. The Morgan fingerprint density at radius 1 is 1.25 bits per heavy atom. The van der Waals surface area contributed by atoms with E-state index in [9.17, 15) is 9.59 Å². The topological polar surface area (TPSA) is 69.6 Å². The Labute approximate surface area is 119 Å². The molecule has 3 aliphatic rings. The maximum absolute atomic E-state index is 12.6. The second kappa shape index (κ2) is 5.72. The van der Waals surface area contributed by atoms with Gasteiger partial charge in [-0.2, -0.15) is 0 Å². The minimum absolute atomic E-state index is 0.173. The molecule has 112 valence electrons. The van der Waals surface area contributed by atoms with Crippen LogP contribution < -0.4 is 5.32 Å². The highest BCUT2D eigenvalue weighted by molar-refractivity contribution is 5.80. The molecule has 5 heteroatoms. The van der Waals surface area contributed by atoms with Crippen molar-refractivity contribution in [2.24, 2.45) is 11.8 Å². The Kier molecular flexibility index (Phi) is 3.96. The molecule has 3 rings (SSSR count). The van der Waals surface area contributed by atoms with Gasteiger partial charge < -0.3 is 15.3 Å². The summed E-state index contributed by atoms with van der Waals surface area (Å²) in [4.78, 5) is 25.3. The maximum atomic E-state index is 12.6. The van der Waals surface area contributed by atoms with Gasteiger partial charge in [0.15, 0.2) is 0 Å². The van der Waals surface area contributed by atoms with Crippen molar-refractivity contribution in [3.05, 3.63) is 0 Å². The predicted molar refractivity (Wildman–Crippen MR) is 74.2 cm³/mol. The third kappa shape index (κ3) is 2.82. The highest BCUT2D eigenvalue weighted by atomic mass is 16.4. The van der Waals surface area contributed by atoms with Crippen LogP contribution in [0.3, 0.4) is 0 Å². The molecule has 0 aromatic carbocycles. The van der Waals surface area contributed by atoms with Crippen LogP contribution in [0, 0.1) is 11.8 Å². The molecule has 0 aromatic rings. The van der Waals surface area contributed by atoms with E-state index in [2.05, 4.69) is 5.32 Å². The van der Waals surface area contributed by atoms with Crippen molar-refractivity contribution in [2.75, 3.05) is 13.1 Å². The van der Waals surface area contributed by atoms with Crippen LogP contribution >= 0.6 is 0 Å². The van der Waals surface area contributed by atoms with Crippen molar-refractivity contribution in [3.63, 3.8) is 0 Å². The number of nitrogens with zero attached hydrogens (tertiary/aromatic N) is 1. The summed E-state index contributed by atoms with van der Waals surface area (Å²) in [5.74, 6) is 0.123. The average molecular weight is 280 g/mol. The number of rotatable bonds is 4. The van der Waals surface area contributed by atoms with E-state index in [1.54, 1.807) is 0 Å². The van der Waals surface area contributed by atoms with Crippen molar-refractivity contribution >= 4 is 11.9 Å². The molecule has 3 aliphatic heterocycles. The molecule has 3 heterocycles. The van der Waals surface area contributed by atoms with E-state index >= 15 is 0 Å². The highest BCUT2D eigenvalue weighted by Crippen LogP contribution is 2.35. The van der Waals surface area contributed by atoms with E-state index in [-0.39, 0.29) is 12.3 Å². The van der Waals surface area contributed by atoms with E-state index in [4.69, 9.17) is 5.11 Å². The van der Waals surface area contributed by atoms with Gasteiger partial charge in [0.05, 0.1) is 5.92 Å². The lowest BCUT2D eigenvalue weighted by molar-refractivity contribution is -0.138. The molecule has 5 nitrogen and oxygen atoms in total. The monoisotopic (exact) mass is 280 g/mol. The largest absolute Gasteiger partial charge is 0.481 e. The second-order valence-electron chi connectivity index (χ2n) is 6.61. The number of amides is 1. The first-order valence-corrected chi connectivity index (χ1v) is 7.90. The molecule has 1 amide bonds. The van der Waals surface area contributed by atoms with Gasteiger partial charge in [0.1, 0.15) is 0 Å². The number of hydrogen-bond acceptors (Lipinski definition) is 3. The summed E-state index contributed by atoms with van der Waals surface area (Å²) in [5, 5.41) is 12.3. The minimum Gasteiger partial charge on any atom is -0.481 e. The van der Waals surface area contributed by atoms with Crippen LogP contribution in [-0.2, 0) is 9.59 Å². The zero-order valence-electron chi connectivity index (χ0n) is 11.9. The fraction of sp³-hybridized carbons (Fsp3) is 0.867. The number of aliphatic carboxylic acids is 1. The van der Waals surface area contributed by atoms with Crippen LogP contribution in [-0.4, -0.2) is 47.1 Å². The normalized spacial score (nSPS) is 36.3. The first-order valence-electron chi connectivity index (χ1n) is 7.90. The van der Waals surface area contributed by atoms with Crippen LogP contribution in [0.2, 0.25) is 0 Å². The number of carbonyl (C=O) groups is 2. The van der Waals surface area contributed by atoms with Gasteiger partial charge in [-0.05, 0) is 44.4 Å². The summed E-state index contributed by atoms with van der Waals surface area (Å²) in [6.45, 7) is 1.62. The number of nitrogens with one attached hydrogen (secondary N) is 1. The Hall–Kier alpha value is -1.10. The lowest BCUT2D eigenvalue weighted by atomic mass is 9.86. The van der Waals surface area contributed by atoms with Crippen LogP contribution in [0.15, 0.2) is 0 Å². The van der Waals surface area contributed by atoms with Crippen molar-refractivity contribution in [2.45, 2.75) is 57.0 Å². The molecule has 3 fully saturated rings. The van der Waals surface area contributed by atoms with Crippen LogP contribution in [0.25, 0.3) is 0 Å². The lowest BCUT2D eigenvalue weighted by Gasteiger charge is -2.35. The second-order valence-corrected chi connectivity index (χ2v) is 6.61. The van der Waals surface area contributed by atoms with Gasteiger partial charge in [-0.3, -0.25) is 9.59 Å². The van der Waals surface area contributed by atoms with Crippen LogP contribution in [0.5, 0.6) is 0 Å². The zero-order valence-corrected chi connectivity index (χ0v) is 11.9. The number of likely N-dealkylation sites (tertiary alicyclic amines) is 1. The predicted octanol–water partition coefficient (Wildman–Crippen LogP) is 1.23. The molecule has 3 saturated heterocycles. The highest BCUT2D eigenvalue weighted by Gasteiger charge is 2.44. The van der Waals surface area contributed by atoms with Crippen molar-refractivity contribution in [3.8, 4) is 0 Å². The van der Waals surface area contributed by atoms with E-state index in [0.717, 1.165) is 38.8 Å². The number of fused-ring (bicyclic) bond motifs is 2. The molecule has 0 aliphatic carbocycles. The van der Waals surface area contributed by atoms with E-state index in [1.807, 2.05) is 4.90 Å². The molecule has 4 unspecified atom stereocenters. The number of hydrogen-bond donors (Lipinski definition) is 2. The number of carboxylic acids is 1. The first kappa shape index (κ1) is 13.9. The van der Waals surface area contributed by atoms with Crippen molar-refractivity contribution in [1.82, 2.24) is 10.2 Å². The van der Waals surface area contributed by atoms with Gasteiger partial charge in [-0.15, -0.1) is 0 Å². The molecule has 0 saturated carbocycles. The SMILES string of the molecule is O=C(O)CCC1CCCN(C(=O)C2CC3CCC2N3)C1. The molecule has 0 spiro atoms. The molecule has 20 heavy (non-hydrogen) atoms. The number of carboxylic acid groups (broad SMARTS) is 1. The Morgan fingerprint density at radius 3 is 2.75 bits per heavy atom. The summed E-state index contributed by atoms with van der Waals surface area (Å²) in [7, 11) is 0. The van der Waals surface area contributed by atoms with Gasteiger partial charge in [0, 0.05) is 31.6 Å². The standard InChI is InChI=1S/C15H24N2O3/c18-14(19)6-3-10-2-1-7-17(9-10)15(20)12-8-11-4-5-13(12)16-11/h10-13,16H,1-9H2,(H,18,19). The molecular formula is C15H24N2O3. The fourth-order valence-corrected chi connectivity index (χ4v) is 4.16. The van der Waals surface area contributed by atoms with E-state index < -0.39 is 5.97 Å². The van der Waals surface area contributed by atoms with Gasteiger partial charge in [0.25, 0.3) is 0 Å². The maximum Gasteiger partial charge on any atom is 0.303 e. The Bertz CT molecular complexity index is 399. The third-order valence-electron chi connectivity index (χ3n) is 5.21. The van der Waals surface area contributed by atoms with Gasteiger partial charge >= 0.3 is 5.97 Å². The fourth-order valence-electron chi connectivity index (χ4n) is 4.16.